The summed E-state index contributed by atoms with van der Waals surface area (Å²) in [6, 6.07) is 6.85. The zero-order valence-corrected chi connectivity index (χ0v) is 17.5. The van der Waals surface area contributed by atoms with Gasteiger partial charge in [-0.2, -0.15) is 4.31 Å². The highest BCUT2D eigenvalue weighted by molar-refractivity contribution is 7.89. The molecule has 0 N–H and O–H groups in total. The highest BCUT2D eigenvalue weighted by Crippen LogP contribution is 2.32. The fourth-order valence-electron chi connectivity index (χ4n) is 3.09. The lowest BCUT2D eigenvalue weighted by molar-refractivity contribution is 0.387. The van der Waals surface area contributed by atoms with Crippen LogP contribution in [0.3, 0.4) is 0 Å². The number of methoxy groups -OCH3 is 1. The van der Waals surface area contributed by atoms with E-state index in [2.05, 4.69) is 0 Å². The molecule has 0 aliphatic rings. The second-order valence-corrected chi connectivity index (χ2v) is 8.50. The summed E-state index contributed by atoms with van der Waals surface area (Å²) >= 11 is 0. The largest absolute Gasteiger partial charge is 0.495 e. The zero-order chi connectivity index (χ0) is 20.2. The van der Waals surface area contributed by atoms with Crippen molar-refractivity contribution in [2.75, 3.05) is 20.2 Å². The van der Waals surface area contributed by atoms with Crippen molar-refractivity contribution < 1.29 is 13.2 Å². The smallest absolute Gasteiger partial charge is 0.253 e. The molecule has 0 amide bonds. The molecule has 1 heterocycles. The predicted molar refractivity (Wildman–Crippen MR) is 108 cm³/mol. The quantitative estimate of drug-likeness (QED) is 0.692. The number of pyridine rings is 1. The van der Waals surface area contributed by atoms with Gasteiger partial charge in [0.05, 0.1) is 7.11 Å². The Balaban J connectivity index is 2.55. The second-order valence-electron chi connectivity index (χ2n) is 6.60. The third-order valence-corrected chi connectivity index (χ3v) is 6.36. The summed E-state index contributed by atoms with van der Waals surface area (Å²) in [4.78, 5) is 12.1. The van der Waals surface area contributed by atoms with Crippen molar-refractivity contribution in [1.82, 2.24) is 8.87 Å². The Hall–Kier alpha value is -2.12. The molecule has 6 nitrogen and oxygen atoms in total. The third kappa shape index (κ3) is 4.42. The van der Waals surface area contributed by atoms with Gasteiger partial charge in [0.2, 0.25) is 10.0 Å². The van der Waals surface area contributed by atoms with Crippen LogP contribution in [0.1, 0.15) is 32.3 Å². The molecule has 27 heavy (non-hydrogen) atoms. The van der Waals surface area contributed by atoms with Gasteiger partial charge in [0.15, 0.2) is 0 Å². The Labute approximate surface area is 161 Å². The minimum Gasteiger partial charge on any atom is -0.495 e. The van der Waals surface area contributed by atoms with Gasteiger partial charge in [0, 0.05) is 31.9 Å². The molecular weight excluding hydrogens is 364 g/mol. The molecule has 0 unspecified atom stereocenters. The van der Waals surface area contributed by atoms with E-state index >= 15 is 0 Å². The summed E-state index contributed by atoms with van der Waals surface area (Å²) in [5, 5.41) is 0. The Morgan fingerprint density at radius 3 is 2.22 bits per heavy atom. The monoisotopic (exact) mass is 392 g/mol. The number of nitrogens with zero attached hydrogens (tertiary/aromatic N) is 2. The van der Waals surface area contributed by atoms with Crippen LogP contribution in [-0.2, 0) is 17.1 Å². The average Bonchev–Trinajstić information content (AvgIpc) is 2.64. The first-order valence-electron chi connectivity index (χ1n) is 9.12. The molecule has 1 aromatic carbocycles. The molecular formula is C20H28N2O4S. The zero-order valence-electron chi connectivity index (χ0n) is 16.7. The highest BCUT2D eigenvalue weighted by Gasteiger charge is 2.27. The van der Waals surface area contributed by atoms with Gasteiger partial charge in [-0.05, 0) is 49.1 Å². The van der Waals surface area contributed by atoms with Crippen LogP contribution in [0.25, 0.3) is 11.1 Å². The van der Waals surface area contributed by atoms with Crippen LogP contribution in [0.5, 0.6) is 5.75 Å². The van der Waals surface area contributed by atoms with Gasteiger partial charge in [0.25, 0.3) is 5.56 Å². The Morgan fingerprint density at radius 1 is 1.07 bits per heavy atom. The number of aromatic nitrogens is 1. The number of hydrogen-bond donors (Lipinski definition) is 0. The average molecular weight is 393 g/mol. The normalized spacial score (nSPS) is 11.8. The molecule has 7 heteroatoms. The van der Waals surface area contributed by atoms with Gasteiger partial charge in [-0.3, -0.25) is 4.79 Å². The Kier molecular flexibility index (Phi) is 6.84. The molecule has 0 fully saturated rings. The van der Waals surface area contributed by atoms with E-state index in [0.717, 1.165) is 24.0 Å². The van der Waals surface area contributed by atoms with Crippen LogP contribution >= 0.6 is 0 Å². The van der Waals surface area contributed by atoms with E-state index in [9.17, 15) is 13.2 Å². The summed E-state index contributed by atoms with van der Waals surface area (Å²) in [6.45, 7) is 6.62. The summed E-state index contributed by atoms with van der Waals surface area (Å²) in [7, 11) is -0.474. The van der Waals surface area contributed by atoms with Crippen molar-refractivity contribution in [3.05, 3.63) is 46.4 Å². The van der Waals surface area contributed by atoms with Crippen molar-refractivity contribution in [3.63, 3.8) is 0 Å². The number of rotatable bonds is 8. The molecule has 148 valence electrons. The van der Waals surface area contributed by atoms with Crippen molar-refractivity contribution in [1.29, 1.82) is 0 Å². The summed E-state index contributed by atoms with van der Waals surface area (Å²) in [5.41, 5.74) is 2.19. The van der Waals surface area contributed by atoms with Crippen molar-refractivity contribution in [2.24, 2.45) is 7.05 Å². The minimum absolute atomic E-state index is 0.0558. The molecule has 0 aliphatic heterocycles. The summed E-state index contributed by atoms with van der Waals surface area (Å²) in [6.07, 6.45) is 3.23. The first kappa shape index (κ1) is 21.2. The highest BCUT2D eigenvalue weighted by atomic mass is 32.2. The second kappa shape index (κ2) is 8.71. The van der Waals surface area contributed by atoms with Crippen LogP contribution in [0, 0.1) is 6.92 Å². The van der Waals surface area contributed by atoms with Crippen LogP contribution in [0.2, 0.25) is 0 Å². The Morgan fingerprint density at radius 2 is 1.70 bits per heavy atom. The van der Waals surface area contributed by atoms with Gasteiger partial charge in [-0.1, -0.05) is 19.9 Å². The molecule has 1 aromatic heterocycles. The standard InChI is InChI=1S/C20H28N2O4S/c1-6-10-22(11-7-2)27(24,25)19-9-8-16(13-18(19)26-5)17-12-15(3)20(23)21(4)14-17/h8-9,12-14H,6-7,10-11H2,1-5H3. The Bertz CT molecular complexity index is 932. The lowest BCUT2D eigenvalue weighted by Gasteiger charge is -2.22. The molecule has 0 bridgehead atoms. The number of sulfonamides is 1. The maximum atomic E-state index is 13.1. The van der Waals surface area contributed by atoms with E-state index in [1.807, 2.05) is 13.8 Å². The van der Waals surface area contributed by atoms with Crippen LogP contribution in [-0.4, -0.2) is 37.5 Å². The van der Waals surface area contributed by atoms with Crippen molar-refractivity contribution in [2.45, 2.75) is 38.5 Å². The maximum Gasteiger partial charge on any atom is 0.253 e. The molecule has 0 atom stereocenters. The van der Waals surface area contributed by atoms with Crippen molar-refractivity contribution in [3.8, 4) is 16.9 Å². The molecule has 0 saturated carbocycles. The van der Waals surface area contributed by atoms with Gasteiger partial charge in [-0.15, -0.1) is 0 Å². The fraction of sp³-hybridized carbons (Fsp3) is 0.450. The van der Waals surface area contributed by atoms with Gasteiger partial charge < -0.3 is 9.30 Å². The SMILES string of the molecule is CCCN(CCC)S(=O)(=O)c1ccc(-c2cc(C)c(=O)n(C)c2)cc1OC. The number of ether oxygens (including phenoxy) is 1. The maximum absolute atomic E-state index is 13.1. The van der Waals surface area contributed by atoms with E-state index < -0.39 is 10.0 Å². The molecule has 2 aromatic rings. The van der Waals surface area contributed by atoms with Crippen LogP contribution in [0.15, 0.2) is 40.2 Å². The predicted octanol–water partition coefficient (Wildman–Crippen LogP) is 3.18. The van der Waals surface area contributed by atoms with Gasteiger partial charge in [0.1, 0.15) is 10.6 Å². The van der Waals surface area contributed by atoms with E-state index in [0.29, 0.717) is 24.4 Å². The van der Waals surface area contributed by atoms with Crippen molar-refractivity contribution >= 4 is 10.0 Å². The van der Waals surface area contributed by atoms with E-state index in [1.54, 1.807) is 44.4 Å². The topological polar surface area (TPSA) is 68.6 Å². The lowest BCUT2D eigenvalue weighted by atomic mass is 10.1. The van der Waals surface area contributed by atoms with Gasteiger partial charge >= 0.3 is 0 Å². The molecule has 0 aliphatic carbocycles. The van der Waals surface area contributed by atoms with E-state index in [4.69, 9.17) is 4.74 Å². The molecule has 0 spiro atoms. The number of aryl methyl sites for hydroxylation is 2. The molecule has 2 rings (SSSR count). The van der Waals surface area contributed by atoms with Gasteiger partial charge in [-0.25, -0.2) is 8.42 Å². The number of hydrogen-bond acceptors (Lipinski definition) is 4. The lowest BCUT2D eigenvalue weighted by Crippen LogP contribution is -2.32. The summed E-state index contributed by atoms with van der Waals surface area (Å²) < 4.78 is 34.6. The molecule has 0 saturated heterocycles. The molecule has 0 radical (unpaired) electrons. The minimum atomic E-state index is -3.64. The summed E-state index contributed by atoms with van der Waals surface area (Å²) in [5.74, 6) is 0.302. The van der Waals surface area contributed by atoms with E-state index in [-0.39, 0.29) is 10.5 Å². The van der Waals surface area contributed by atoms with E-state index in [1.165, 1.54) is 16.0 Å². The third-order valence-electron chi connectivity index (χ3n) is 4.42. The number of benzene rings is 1. The first-order valence-corrected chi connectivity index (χ1v) is 10.6. The fourth-order valence-corrected chi connectivity index (χ4v) is 4.85. The van der Waals surface area contributed by atoms with Crippen LogP contribution in [0.4, 0.5) is 0 Å². The van der Waals surface area contributed by atoms with Crippen LogP contribution < -0.4 is 10.3 Å². The first-order chi connectivity index (χ1) is 12.8.